The Kier molecular flexibility index (Phi) is 4.24. The largest absolute Gasteiger partial charge is 0.357 e. The molecule has 90 valence electrons. The van der Waals surface area contributed by atoms with Gasteiger partial charge in [-0.25, -0.2) is 0 Å². The highest BCUT2D eigenvalue weighted by Gasteiger charge is 2.35. The van der Waals surface area contributed by atoms with Gasteiger partial charge >= 0.3 is 0 Å². The normalized spacial score (nSPS) is 17.2. The van der Waals surface area contributed by atoms with Gasteiger partial charge < -0.3 is 5.32 Å². The van der Waals surface area contributed by atoms with Gasteiger partial charge in [0.05, 0.1) is 0 Å². The van der Waals surface area contributed by atoms with Crippen molar-refractivity contribution in [3.8, 4) is 0 Å². The molecule has 0 aliphatic carbocycles. The maximum Gasteiger partial charge on any atom is 0.245 e. The van der Waals surface area contributed by atoms with Crippen LogP contribution >= 0.6 is 0 Å². The van der Waals surface area contributed by atoms with E-state index >= 15 is 0 Å². The van der Waals surface area contributed by atoms with Crippen LogP contribution in [-0.4, -0.2) is 42.8 Å². The highest BCUT2D eigenvalue weighted by molar-refractivity contribution is 6.13. The fourth-order valence-electron chi connectivity index (χ4n) is 1.64. The predicted molar refractivity (Wildman–Crippen MR) is 63.1 cm³/mol. The molecule has 4 nitrogen and oxygen atoms in total. The lowest BCUT2D eigenvalue weighted by atomic mass is 9.97. The van der Waals surface area contributed by atoms with E-state index in [4.69, 9.17) is 0 Å². The first-order chi connectivity index (χ1) is 7.49. The zero-order chi connectivity index (χ0) is 12.3. The van der Waals surface area contributed by atoms with Gasteiger partial charge in [0.1, 0.15) is 0 Å². The number of hydrogen-bond acceptors (Lipinski definition) is 3. The van der Waals surface area contributed by atoms with Crippen molar-refractivity contribution >= 4 is 11.7 Å². The molecule has 1 rings (SSSR count). The minimum Gasteiger partial charge on any atom is -0.357 e. The van der Waals surface area contributed by atoms with Crippen LogP contribution in [0.3, 0.4) is 0 Å². The Balaban J connectivity index is 2.88. The summed E-state index contributed by atoms with van der Waals surface area (Å²) in [7, 11) is 1.57. The predicted octanol–water partition coefficient (Wildman–Crippen LogP) is 0.732. The van der Waals surface area contributed by atoms with Gasteiger partial charge in [0.15, 0.2) is 11.8 Å². The number of amides is 1. The molecule has 0 aromatic carbocycles. The molecule has 0 bridgehead atoms. The van der Waals surface area contributed by atoms with Crippen LogP contribution in [0.1, 0.15) is 27.2 Å². The van der Waals surface area contributed by atoms with Gasteiger partial charge in [-0.05, 0) is 32.8 Å². The summed E-state index contributed by atoms with van der Waals surface area (Å²) in [6, 6.07) is -0.631. The van der Waals surface area contributed by atoms with Crippen molar-refractivity contribution in [2.24, 2.45) is 0 Å². The number of ketones is 1. The number of rotatable bonds is 4. The van der Waals surface area contributed by atoms with E-state index in [1.165, 1.54) is 0 Å². The molecule has 16 heavy (non-hydrogen) atoms. The van der Waals surface area contributed by atoms with Crippen LogP contribution in [0.4, 0.5) is 0 Å². The minimum absolute atomic E-state index is 0.0703. The maximum absolute atomic E-state index is 12.2. The molecule has 1 saturated heterocycles. The second-order valence-corrected chi connectivity index (χ2v) is 4.40. The summed E-state index contributed by atoms with van der Waals surface area (Å²) in [5, 5.41) is 2.56. The number of carbonyl (C=O) groups is 2. The molecular formula is C12H20N2O2. The van der Waals surface area contributed by atoms with Crippen molar-refractivity contribution in [2.45, 2.75) is 33.2 Å². The first-order valence-electron chi connectivity index (χ1n) is 5.63. The minimum atomic E-state index is -0.631. The molecule has 1 heterocycles. The molecule has 4 heteroatoms. The van der Waals surface area contributed by atoms with Crippen molar-refractivity contribution in [3.63, 3.8) is 0 Å². The van der Waals surface area contributed by atoms with Gasteiger partial charge in [-0.15, -0.1) is 0 Å². The monoisotopic (exact) mass is 224 g/mol. The van der Waals surface area contributed by atoms with Crippen molar-refractivity contribution in [2.75, 3.05) is 20.1 Å². The lowest BCUT2D eigenvalue weighted by Crippen LogP contribution is -2.56. The third-order valence-electron chi connectivity index (χ3n) is 3.12. The summed E-state index contributed by atoms with van der Waals surface area (Å²) in [4.78, 5) is 25.8. The third kappa shape index (κ3) is 2.50. The lowest BCUT2D eigenvalue weighted by Gasteiger charge is -2.36. The Labute approximate surface area is 96.7 Å². The van der Waals surface area contributed by atoms with Gasteiger partial charge in [-0.1, -0.05) is 5.57 Å². The summed E-state index contributed by atoms with van der Waals surface area (Å²) < 4.78 is 0. The zero-order valence-corrected chi connectivity index (χ0v) is 10.5. The average molecular weight is 224 g/mol. The molecule has 1 fully saturated rings. The molecule has 0 aromatic rings. The molecule has 1 aliphatic heterocycles. The molecule has 0 spiro atoms. The molecule has 1 amide bonds. The van der Waals surface area contributed by atoms with E-state index in [1.807, 2.05) is 18.7 Å². The van der Waals surface area contributed by atoms with Gasteiger partial charge in [0, 0.05) is 20.1 Å². The van der Waals surface area contributed by atoms with Crippen molar-refractivity contribution < 1.29 is 9.59 Å². The van der Waals surface area contributed by atoms with Gasteiger partial charge in [-0.3, -0.25) is 14.5 Å². The van der Waals surface area contributed by atoms with E-state index in [0.717, 1.165) is 25.1 Å². The highest BCUT2D eigenvalue weighted by Crippen LogP contribution is 2.16. The lowest BCUT2D eigenvalue weighted by molar-refractivity contribution is -0.135. The van der Waals surface area contributed by atoms with Crippen LogP contribution in [0.2, 0.25) is 0 Å². The van der Waals surface area contributed by atoms with E-state index in [9.17, 15) is 9.59 Å². The summed E-state index contributed by atoms with van der Waals surface area (Å²) in [5.74, 6) is -0.274. The standard InChI is InChI=1S/C12H20N2O2/c1-8(2)9(3)11(15)10(12(16)13-4)14-6-5-7-14/h10H,5-7H2,1-4H3,(H,13,16). The SMILES string of the molecule is CNC(=O)C(C(=O)C(C)=C(C)C)N1CCC1. The van der Waals surface area contributed by atoms with Crippen molar-refractivity contribution in [1.82, 2.24) is 10.2 Å². The molecule has 1 aliphatic rings. The number of Topliss-reactive ketones (excluding diaryl/α,β-unsaturated/α-hetero) is 1. The van der Waals surface area contributed by atoms with Crippen molar-refractivity contribution in [3.05, 3.63) is 11.1 Å². The smallest absolute Gasteiger partial charge is 0.245 e. The summed E-state index contributed by atoms with van der Waals surface area (Å²) in [5.41, 5.74) is 1.67. The summed E-state index contributed by atoms with van der Waals surface area (Å²) >= 11 is 0. The van der Waals surface area contributed by atoms with Crippen LogP contribution in [0.25, 0.3) is 0 Å². The topological polar surface area (TPSA) is 49.4 Å². The Morgan fingerprint density at radius 3 is 2.06 bits per heavy atom. The number of likely N-dealkylation sites (tertiary alicyclic amines) is 1. The molecular weight excluding hydrogens is 204 g/mol. The van der Waals surface area contributed by atoms with Crippen LogP contribution in [0.15, 0.2) is 11.1 Å². The zero-order valence-electron chi connectivity index (χ0n) is 10.5. The number of carbonyl (C=O) groups excluding carboxylic acids is 2. The summed E-state index contributed by atoms with van der Waals surface area (Å²) in [6.45, 7) is 7.24. The fourth-order valence-corrected chi connectivity index (χ4v) is 1.64. The number of allylic oxidation sites excluding steroid dienone is 1. The van der Waals surface area contributed by atoms with Crippen molar-refractivity contribution in [1.29, 1.82) is 0 Å². The van der Waals surface area contributed by atoms with E-state index in [0.29, 0.717) is 5.57 Å². The highest BCUT2D eigenvalue weighted by atomic mass is 16.2. The van der Waals surface area contributed by atoms with E-state index in [-0.39, 0.29) is 11.7 Å². The van der Waals surface area contributed by atoms with Gasteiger partial charge in [0.2, 0.25) is 5.91 Å². The first kappa shape index (κ1) is 12.9. The fraction of sp³-hybridized carbons (Fsp3) is 0.667. The molecule has 0 radical (unpaired) electrons. The molecule has 0 saturated carbocycles. The van der Waals surface area contributed by atoms with Crippen LogP contribution in [0.5, 0.6) is 0 Å². The van der Waals surface area contributed by atoms with E-state index < -0.39 is 6.04 Å². The Morgan fingerprint density at radius 1 is 1.19 bits per heavy atom. The van der Waals surface area contributed by atoms with Crippen LogP contribution < -0.4 is 5.32 Å². The number of likely N-dealkylation sites (N-methyl/N-ethyl adjacent to an activating group) is 1. The number of nitrogens with zero attached hydrogens (tertiary/aromatic N) is 1. The summed E-state index contributed by atoms with van der Waals surface area (Å²) in [6.07, 6.45) is 1.06. The van der Waals surface area contributed by atoms with Gasteiger partial charge in [0.25, 0.3) is 0 Å². The second-order valence-electron chi connectivity index (χ2n) is 4.40. The Bertz CT molecular complexity index is 326. The first-order valence-corrected chi connectivity index (χ1v) is 5.63. The molecule has 0 aromatic heterocycles. The van der Waals surface area contributed by atoms with E-state index in [1.54, 1.807) is 14.0 Å². The molecule has 1 atom stereocenters. The molecule has 1 N–H and O–H groups in total. The average Bonchev–Trinajstić information content (AvgIpc) is 2.19. The second kappa shape index (κ2) is 5.25. The third-order valence-corrected chi connectivity index (χ3v) is 3.12. The number of hydrogen-bond donors (Lipinski definition) is 1. The Hall–Kier alpha value is -1.16. The van der Waals surface area contributed by atoms with Crippen LogP contribution in [-0.2, 0) is 9.59 Å². The number of nitrogens with one attached hydrogen (secondary N) is 1. The molecule has 1 unspecified atom stereocenters. The maximum atomic E-state index is 12.2. The quantitative estimate of drug-likeness (QED) is 0.566. The van der Waals surface area contributed by atoms with Gasteiger partial charge in [-0.2, -0.15) is 0 Å². The Morgan fingerprint density at radius 2 is 1.75 bits per heavy atom. The van der Waals surface area contributed by atoms with Crippen LogP contribution in [0, 0.1) is 0 Å². The van der Waals surface area contributed by atoms with E-state index in [2.05, 4.69) is 5.32 Å².